The maximum absolute atomic E-state index is 13.0. The van der Waals surface area contributed by atoms with Gasteiger partial charge in [0, 0.05) is 11.1 Å². The van der Waals surface area contributed by atoms with Gasteiger partial charge in [-0.05, 0) is 24.3 Å². The number of benzene rings is 2. The molecule has 3 N–H and O–H groups in total. The summed E-state index contributed by atoms with van der Waals surface area (Å²) >= 11 is 0. The third-order valence-electron chi connectivity index (χ3n) is 5.34. The molecule has 1 aliphatic heterocycles. The predicted octanol–water partition coefficient (Wildman–Crippen LogP) is 1.28. The number of nitrogens with two attached hydrogens (primary N) is 1. The Balaban J connectivity index is 2.09. The minimum absolute atomic E-state index is 0.139. The van der Waals surface area contributed by atoms with Crippen LogP contribution in [0.15, 0.2) is 36.4 Å². The van der Waals surface area contributed by atoms with Crippen molar-refractivity contribution in [3.05, 3.63) is 53.1 Å². The van der Waals surface area contributed by atoms with Gasteiger partial charge in [0.15, 0.2) is 11.5 Å². The Hall–Kier alpha value is -2.45. The molecule has 1 aliphatic rings. The highest BCUT2D eigenvalue weighted by Crippen LogP contribution is 2.40. The molecular formula is C21H27F3N2O3+2. The highest BCUT2D eigenvalue weighted by atomic mass is 19.4. The standard InChI is InChI=1S/C21H25F3N2O3/c1-27-17-12-15(13-18(28-2)20(17)29-3)19(26-10-8-25-9-11-26)14-4-6-16(7-5-14)21(22,23)24/h4-7,12-13,19,25H,8-11H2,1-3H3/p+2/t19-/m0/s1. The number of alkyl halides is 3. The van der Waals surface area contributed by atoms with E-state index in [4.69, 9.17) is 14.2 Å². The fourth-order valence-corrected chi connectivity index (χ4v) is 3.93. The fourth-order valence-electron chi connectivity index (χ4n) is 3.93. The molecule has 1 atom stereocenters. The van der Waals surface area contributed by atoms with E-state index in [9.17, 15) is 13.2 Å². The van der Waals surface area contributed by atoms with Crippen molar-refractivity contribution >= 4 is 0 Å². The number of piperazine rings is 1. The van der Waals surface area contributed by atoms with Gasteiger partial charge in [-0.3, -0.25) is 0 Å². The molecule has 3 rings (SSSR count). The zero-order valence-corrected chi connectivity index (χ0v) is 16.8. The molecule has 158 valence electrons. The van der Waals surface area contributed by atoms with Gasteiger partial charge < -0.3 is 24.4 Å². The summed E-state index contributed by atoms with van der Waals surface area (Å²) in [6.45, 7) is 3.75. The zero-order chi connectivity index (χ0) is 21.0. The number of halogens is 3. The molecule has 0 aliphatic carbocycles. The lowest BCUT2D eigenvalue weighted by Crippen LogP contribution is -3.20. The van der Waals surface area contributed by atoms with E-state index in [1.807, 2.05) is 12.1 Å². The van der Waals surface area contributed by atoms with Crippen molar-refractivity contribution < 1.29 is 37.6 Å². The Labute approximate surface area is 168 Å². The van der Waals surface area contributed by atoms with Gasteiger partial charge >= 0.3 is 6.18 Å². The number of methoxy groups -OCH3 is 3. The second kappa shape index (κ2) is 8.92. The topological polar surface area (TPSA) is 48.7 Å². The first-order valence-electron chi connectivity index (χ1n) is 9.52. The van der Waals surface area contributed by atoms with E-state index >= 15 is 0 Å². The molecule has 2 aromatic rings. The fraction of sp³-hybridized carbons (Fsp3) is 0.429. The van der Waals surface area contributed by atoms with Gasteiger partial charge in [-0.2, -0.15) is 13.2 Å². The highest BCUT2D eigenvalue weighted by molar-refractivity contribution is 5.55. The van der Waals surface area contributed by atoms with Crippen LogP contribution < -0.4 is 24.4 Å². The van der Waals surface area contributed by atoms with Gasteiger partial charge in [-0.1, -0.05) is 12.1 Å². The van der Waals surface area contributed by atoms with Crippen LogP contribution in [-0.2, 0) is 6.18 Å². The monoisotopic (exact) mass is 412 g/mol. The van der Waals surface area contributed by atoms with Crippen LogP contribution in [0.4, 0.5) is 13.2 Å². The molecule has 1 saturated heterocycles. The molecule has 2 aromatic carbocycles. The first-order valence-corrected chi connectivity index (χ1v) is 9.52. The molecule has 29 heavy (non-hydrogen) atoms. The summed E-state index contributed by atoms with van der Waals surface area (Å²) < 4.78 is 55.5. The quantitative estimate of drug-likeness (QED) is 0.752. The van der Waals surface area contributed by atoms with Gasteiger partial charge in [-0.15, -0.1) is 0 Å². The lowest BCUT2D eigenvalue weighted by Gasteiger charge is -2.31. The van der Waals surface area contributed by atoms with Crippen LogP contribution in [0.2, 0.25) is 0 Å². The van der Waals surface area contributed by atoms with Crippen LogP contribution in [0.5, 0.6) is 17.2 Å². The second-order valence-electron chi connectivity index (χ2n) is 7.04. The summed E-state index contributed by atoms with van der Waals surface area (Å²) in [6.07, 6.45) is -4.35. The third-order valence-corrected chi connectivity index (χ3v) is 5.34. The van der Waals surface area contributed by atoms with Crippen LogP contribution in [0.3, 0.4) is 0 Å². The Morgan fingerprint density at radius 2 is 1.41 bits per heavy atom. The molecule has 1 fully saturated rings. The third kappa shape index (κ3) is 4.59. The van der Waals surface area contributed by atoms with Crippen LogP contribution in [0.1, 0.15) is 22.7 Å². The molecule has 0 spiro atoms. The Morgan fingerprint density at radius 1 is 0.862 bits per heavy atom. The van der Waals surface area contributed by atoms with Crippen LogP contribution in [0.25, 0.3) is 0 Å². The lowest BCUT2D eigenvalue weighted by atomic mass is 9.94. The van der Waals surface area contributed by atoms with Gasteiger partial charge in [0.1, 0.15) is 32.2 Å². The Kier molecular flexibility index (Phi) is 6.54. The van der Waals surface area contributed by atoms with Crippen molar-refractivity contribution in [2.45, 2.75) is 12.2 Å². The number of quaternary nitrogens is 2. The van der Waals surface area contributed by atoms with Crippen molar-refractivity contribution in [1.29, 1.82) is 0 Å². The van der Waals surface area contributed by atoms with E-state index in [0.717, 1.165) is 49.4 Å². The van der Waals surface area contributed by atoms with E-state index in [1.54, 1.807) is 33.5 Å². The first kappa shape index (κ1) is 21.3. The molecule has 0 aromatic heterocycles. The molecule has 0 amide bonds. The molecule has 1 heterocycles. The Morgan fingerprint density at radius 3 is 1.86 bits per heavy atom. The number of hydrogen-bond acceptors (Lipinski definition) is 3. The summed E-state index contributed by atoms with van der Waals surface area (Å²) in [5.41, 5.74) is 1.09. The number of rotatable bonds is 6. The largest absolute Gasteiger partial charge is 0.493 e. The summed E-state index contributed by atoms with van der Waals surface area (Å²) in [6, 6.07) is 9.07. The number of ether oxygens (including phenoxy) is 3. The second-order valence-corrected chi connectivity index (χ2v) is 7.04. The van der Waals surface area contributed by atoms with Crippen LogP contribution in [0, 0.1) is 0 Å². The molecular weight excluding hydrogens is 385 g/mol. The van der Waals surface area contributed by atoms with Crippen molar-refractivity contribution in [3.8, 4) is 17.2 Å². The molecule has 8 heteroatoms. The SMILES string of the molecule is COc1cc([C@H](c2ccc(C(F)(F)F)cc2)[NH+]2CC[NH2+]CC2)cc(OC)c1OC. The van der Waals surface area contributed by atoms with Gasteiger partial charge in [0.05, 0.1) is 26.9 Å². The average Bonchev–Trinajstić information content (AvgIpc) is 2.73. The van der Waals surface area contributed by atoms with E-state index in [0.29, 0.717) is 17.2 Å². The van der Waals surface area contributed by atoms with Crippen molar-refractivity contribution in [3.63, 3.8) is 0 Å². The predicted molar refractivity (Wildman–Crippen MR) is 102 cm³/mol. The molecule has 5 nitrogen and oxygen atoms in total. The normalized spacial score (nSPS) is 16.3. The minimum Gasteiger partial charge on any atom is -0.493 e. The van der Waals surface area contributed by atoms with Crippen molar-refractivity contribution in [1.82, 2.24) is 0 Å². The molecule has 0 unspecified atom stereocenters. The summed E-state index contributed by atoms with van der Waals surface area (Å²) in [4.78, 5) is 1.29. The van der Waals surface area contributed by atoms with Gasteiger partial charge in [0.25, 0.3) is 0 Å². The molecule has 0 bridgehead atoms. The number of hydrogen-bond donors (Lipinski definition) is 2. The van der Waals surface area contributed by atoms with E-state index in [1.165, 1.54) is 4.90 Å². The first-order chi connectivity index (χ1) is 13.9. The van der Waals surface area contributed by atoms with Gasteiger partial charge in [0.2, 0.25) is 5.75 Å². The summed E-state index contributed by atoms with van der Waals surface area (Å²) in [7, 11) is 4.65. The highest BCUT2D eigenvalue weighted by Gasteiger charge is 2.33. The smallest absolute Gasteiger partial charge is 0.416 e. The van der Waals surface area contributed by atoms with Crippen LogP contribution in [-0.4, -0.2) is 47.5 Å². The van der Waals surface area contributed by atoms with Crippen molar-refractivity contribution in [2.75, 3.05) is 47.5 Å². The molecule has 0 radical (unpaired) electrons. The minimum atomic E-state index is -4.35. The summed E-state index contributed by atoms with van der Waals surface area (Å²) in [5, 5.41) is 2.25. The zero-order valence-electron chi connectivity index (χ0n) is 16.8. The Bertz CT molecular complexity index is 794. The lowest BCUT2D eigenvalue weighted by molar-refractivity contribution is -0.967. The van der Waals surface area contributed by atoms with Crippen molar-refractivity contribution in [2.24, 2.45) is 0 Å². The summed E-state index contributed by atoms with van der Waals surface area (Å²) in [5.74, 6) is 1.55. The maximum Gasteiger partial charge on any atom is 0.416 e. The van der Waals surface area contributed by atoms with E-state index in [-0.39, 0.29) is 6.04 Å². The van der Waals surface area contributed by atoms with E-state index in [2.05, 4.69) is 5.32 Å². The average molecular weight is 412 g/mol. The van der Waals surface area contributed by atoms with Gasteiger partial charge in [-0.25, -0.2) is 0 Å². The van der Waals surface area contributed by atoms with Crippen LogP contribution >= 0.6 is 0 Å². The van der Waals surface area contributed by atoms with E-state index < -0.39 is 11.7 Å². The maximum atomic E-state index is 13.0. The number of nitrogens with one attached hydrogen (secondary N) is 1. The molecule has 0 saturated carbocycles.